The van der Waals surface area contributed by atoms with E-state index in [1.807, 2.05) is 12.1 Å². The molecule has 0 aliphatic carbocycles. The molecule has 26 heavy (non-hydrogen) atoms. The number of carbonyl (C=O) groups is 1. The zero-order chi connectivity index (χ0) is 19.3. The number of hydrogen-bond donors (Lipinski definition) is 1. The number of halogens is 4. The maximum Gasteiger partial charge on any atom is 0.418 e. The van der Waals surface area contributed by atoms with Gasteiger partial charge in [-0.25, -0.2) is 0 Å². The van der Waals surface area contributed by atoms with Gasteiger partial charge in [0, 0.05) is 3.57 Å². The fourth-order valence-corrected chi connectivity index (χ4v) is 2.81. The zero-order valence-corrected chi connectivity index (χ0v) is 16.5. The summed E-state index contributed by atoms with van der Waals surface area (Å²) in [4.78, 5) is 12.0. The van der Waals surface area contributed by atoms with E-state index in [0.717, 1.165) is 18.1 Å². The predicted octanol–water partition coefficient (Wildman–Crippen LogP) is 5.84. The van der Waals surface area contributed by atoms with Gasteiger partial charge in [0.2, 0.25) is 0 Å². The van der Waals surface area contributed by atoms with Gasteiger partial charge in [-0.3, -0.25) is 4.79 Å². The van der Waals surface area contributed by atoms with Crippen molar-refractivity contribution in [3.8, 4) is 5.75 Å². The van der Waals surface area contributed by atoms with Crippen molar-refractivity contribution in [1.82, 2.24) is 0 Å². The summed E-state index contributed by atoms with van der Waals surface area (Å²) in [6, 6.07) is 11.1. The lowest BCUT2D eigenvalue weighted by molar-refractivity contribution is -0.137. The van der Waals surface area contributed by atoms with Gasteiger partial charge in [-0.2, -0.15) is 13.2 Å². The van der Waals surface area contributed by atoms with E-state index in [4.69, 9.17) is 4.74 Å². The first kappa shape index (κ1) is 20.5. The summed E-state index contributed by atoms with van der Waals surface area (Å²) < 4.78 is 45.0. The molecular weight excluding hydrogens is 458 g/mol. The number of ether oxygens (including phenoxy) is 1. The molecule has 0 aliphatic rings. The van der Waals surface area contributed by atoms with Crippen molar-refractivity contribution < 1.29 is 22.7 Å². The average molecular weight is 477 g/mol. The topological polar surface area (TPSA) is 38.3 Å². The van der Waals surface area contributed by atoms with Gasteiger partial charge in [0.15, 0.2) is 6.61 Å². The number of nitrogens with one attached hydrogen (secondary N) is 1. The first-order valence-corrected chi connectivity index (χ1v) is 9.18. The molecule has 0 saturated carbocycles. The molecule has 0 radical (unpaired) electrons. The van der Waals surface area contributed by atoms with Crippen molar-refractivity contribution in [2.75, 3.05) is 11.9 Å². The summed E-state index contributed by atoms with van der Waals surface area (Å²) in [5.74, 6) is 0.266. The van der Waals surface area contributed by atoms with Crippen molar-refractivity contribution in [3.05, 3.63) is 57.2 Å². The van der Waals surface area contributed by atoms with Crippen LogP contribution < -0.4 is 10.1 Å². The Morgan fingerprint density at radius 3 is 2.42 bits per heavy atom. The summed E-state index contributed by atoms with van der Waals surface area (Å²) in [6.45, 7) is 3.84. The first-order valence-electron chi connectivity index (χ1n) is 8.10. The van der Waals surface area contributed by atoms with Crippen LogP contribution in [-0.4, -0.2) is 12.5 Å². The second-order valence-corrected chi connectivity index (χ2v) is 7.15. The molecule has 0 fully saturated rings. The third-order valence-corrected chi connectivity index (χ3v) is 4.66. The van der Waals surface area contributed by atoms with Crippen LogP contribution in [0.2, 0.25) is 0 Å². The van der Waals surface area contributed by atoms with Crippen molar-refractivity contribution in [2.45, 2.75) is 32.4 Å². The number of rotatable bonds is 6. The van der Waals surface area contributed by atoms with E-state index in [1.165, 1.54) is 12.1 Å². The van der Waals surface area contributed by atoms with Gasteiger partial charge in [-0.1, -0.05) is 26.0 Å². The summed E-state index contributed by atoms with van der Waals surface area (Å²) in [6.07, 6.45) is -3.53. The molecule has 0 heterocycles. The molecule has 1 amide bonds. The van der Waals surface area contributed by atoms with E-state index in [-0.39, 0.29) is 12.3 Å². The van der Waals surface area contributed by atoms with Gasteiger partial charge in [0.25, 0.3) is 5.91 Å². The quantitative estimate of drug-likeness (QED) is 0.531. The molecule has 1 unspecified atom stereocenters. The normalized spacial score (nSPS) is 12.5. The highest BCUT2D eigenvalue weighted by Crippen LogP contribution is 2.35. The molecule has 0 aromatic heterocycles. The smallest absolute Gasteiger partial charge is 0.418 e. The van der Waals surface area contributed by atoms with Crippen LogP contribution in [0.25, 0.3) is 0 Å². The Kier molecular flexibility index (Phi) is 6.91. The van der Waals surface area contributed by atoms with Crippen LogP contribution in [0.4, 0.5) is 18.9 Å². The molecule has 140 valence electrons. The number of carbonyl (C=O) groups excluding carboxylic acids is 1. The van der Waals surface area contributed by atoms with Crippen LogP contribution in [0.3, 0.4) is 0 Å². The summed E-state index contributed by atoms with van der Waals surface area (Å²) in [5, 5.41) is 2.27. The highest BCUT2D eigenvalue weighted by Gasteiger charge is 2.34. The van der Waals surface area contributed by atoms with Crippen LogP contribution in [-0.2, 0) is 11.0 Å². The molecule has 0 saturated heterocycles. The second kappa shape index (κ2) is 8.75. The number of alkyl halides is 3. The Bertz CT molecular complexity index is 760. The minimum atomic E-state index is -4.55. The monoisotopic (exact) mass is 477 g/mol. The van der Waals surface area contributed by atoms with Gasteiger partial charge in [-0.15, -0.1) is 0 Å². The van der Waals surface area contributed by atoms with E-state index >= 15 is 0 Å². The molecule has 2 rings (SSSR count). The van der Waals surface area contributed by atoms with Crippen LogP contribution in [0.15, 0.2) is 42.5 Å². The van der Waals surface area contributed by atoms with Crippen LogP contribution in [0.5, 0.6) is 5.75 Å². The lowest BCUT2D eigenvalue weighted by atomic mass is 9.99. The molecule has 1 atom stereocenters. The van der Waals surface area contributed by atoms with Gasteiger partial charge >= 0.3 is 6.18 Å². The van der Waals surface area contributed by atoms with Crippen molar-refractivity contribution in [3.63, 3.8) is 0 Å². The number of benzene rings is 2. The molecule has 0 bridgehead atoms. The third kappa shape index (κ3) is 5.62. The molecule has 1 N–H and O–H groups in total. The maximum atomic E-state index is 13.1. The van der Waals surface area contributed by atoms with Crippen LogP contribution in [0, 0.1) is 3.57 Å². The third-order valence-electron chi connectivity index (χ3n) is 3.99. The standard InChI is InChI=1S/C19H19F3INO2/c1-3-12(2)13-4-7-15(8-5-13)26-11-18(25)24-17-9-6-14(23)10-16(17)19(20,21)22/h4-10,12H,3,11H2,1-2H3,(H,24,25). The van der Waals surface area contributed by atoms with E-state index in [9.17, 15) is 18.0 Å². The second-order valence-electron chi connectivity index (χ2n) is 5.90. The molecule has 0 spiro atoms. The minimum absolute atomic E-state index is 0.279. The van der Waals surface area contributed by atoms with E-state index in [1.54, 1.807) is 34.7 Å². The summed E-state index contributed by atoms with van der Waals surface area (Å²) >= 11 is 1.79. The zero-order valence-electron chi connectivity index (χ0n) is 14.4. The Labute approximate surface area is 164 Å². The van der Waals surface area contributed by atoms with Crippen LogP contribution in [0.1, 0.15) is 37.3 Å². The van der Waals surface area contributed by atoms with Gasteiger partial charge in [0.05, 0.1) is 11.3 Å². The SMILES string of the molecule is CCC(C)c1ccc(OCC(=O)Nc2ccc(I)cc2C(F)(F)F)cc1. The molecule has 0 aliphatic heterocycles. The van der Waals surface area contributed by atoms with Crippen LogP contribution >= 0.6 is 22.6 Å². The lowest BCUT2D eigenvalue weighted by Crippen LogP contribution is -2.22. The Balaban J connectivity index is 1.99. The largest absolute Gasteiger partial charge is 0.484 e. The van der Waals surface area contributed by atoms with Gasteiger partial charge < -0.3 is 10.1 Å². The number of hydrogen-bond acceptors (Lipinski definition) is 2. The van der Waals surface area contributed by atoms with E-state index < -0.39 is 17.6 Å². The minimum Gasteiger partial charge on any atom is -0.484 e. The fraction of sp³-hybridized carbons (Fsp3) is 0.316. The number of amides is 1. The lowest BCUT2D eigenvalue weighted by Gasteiger charge is -2.15. The molecular formula is C19H19F3INO2. The van der Waals surface area contributed by atoms with E-state index in [0.29, 0.717) is 15.2 Å². The molecule has 3 nitrogen and oxygen atoms in total. The molecule has 2 aromatic carbocycles. The van der Waals surface area contributed by atoms with E-state index in [2.05, 4.69) is 19.2 Å². The van der Waals surface area contributed by atoms with Gasteiger partial charge in [-0.05, 0) is 70.8 Å². The fourth-order valence-electron chi connectivity index (χ4n) is 2.32. The Morgan fingerprint density at radius 2 is 1.85 bits per heavy atom. The Morgan fingerprint density at radius 1 is 1.19 bits per heavy atom. The highest BCUT2D eigenvalue weighted by molar-refractivity contribution is 14.1. The molecule has 2 aromatic rings. The first-order chi connectivity index (χ1) is 12.2. The summed E-state index contributed by atoms with van der Waals surface area (Å²) in [7, 11) is 0. The van der Waals surface area contributed by atoms with Gasteiger partial charge in [0.1, 0.15) is 5.75 Å². The predicted molar refractivity (Wildman–Crippen MR) is 103 cm³/mol. The average Bonchev–Trinajstić information content (AvgIpc) is 2.60. The van der Waals surface area contributed by atoms with Crippen molar-refractivity contribution >= 4 is 34.2 Å². The Hall–Kier alpha value is -1.77. The molecule has 7 heteroatoms. The van der Waals surface area contributed by atoms with Crippen molar-refractivity contribution in [2.24, 2.45) is 0 Å². The number of anilines is 1. The summed E-state index contributed by atoms with van der Waals surface area (Å²) in [5.41, 5.74) is 0.00676. The highest BCUT2D eigenvalue weighted by atomic mass is 127. The van der Waals surface area contributed by atoms with Crippen molar-refractivity contribution in [1.29, 1.82) is 0 Å². The maximum absolute atomic E-state index is 13.1.